The quantitative estimate of drug-likeness (QED) is 0.755. The molecule has 0 fully saturated rings. The first-order valence-corrected chi connectivity index (χ1v) is 8.52. The molecule has 0 atom stereocenters. The summed E-state index contributed by atoms with van der Waals surface area (Å²) in [6.45, 7) is 3.89. The standard InChI is InChI=1S/C18H20N2O3S/c1-12(2)23-14-9-7-13(8-10-14)18(22)20-15-5-3-4-6-16(15)24-11-17(19)21/h3-10,12H,11H2,1-2H3,(H2,19,21)(H,20,22). The van der Waals surface area contributed by atoms with Crippen molar-refractivity contribution >= 4 is 29.3 Å². The van der Waals surface area contributed by atoms with E-state index in [4.69, 9.17) is 10.5 Å². The molecule has 0 radical (unpaired) electrons. The number of carbonyl (C=O) groups is 2. The molecule has 6 heteroatoms. The van der Waals surface area contributed by atoms with E-state index in [0.717, 1.165) is 10.6 Å². The van der Waals surface area contributed by atoms with Gasteiger partial charge in [-0.15, -0.1) is 11.8 Å². The topological polar surface area (TPSA) is 81.4 Å². The van der Waals surface area contributed by atoms with E-state index < -0.39 is 5.91 Å². The SMILES string of the molecule is CC(C)Oc1ccc(C(=O)Nc2ccccc2SCC(N)=O)cc1. The summed E-state index contributed by atoms with van der Waals surface area (Å²) in [6.07, 6.45) is 0.0823. The highest BCUT2D eigenvalue weighted by Gasteiger charge is 2.10. The van der Waals surface area contributed by atoms with Gasteiger partial charge in [-0.2, -0.15) is 0 Å². The Morgan fingerprint density at radius 1 is 1.12 bits per heavy atom. The fraction of sp³-hybridized carbons (Fsp3) is 0.222. The zero-order chi connectivity index (χ0) is 17.5. The van der Waals surface area contributed by atoms with E-state index in [2.05, 4.69) is 5.32 Å². The molecule has 0 saturated carbocycles. The molecule has 0 bridgehead atoms. The molecule has 2 amide bonds. The molecule has 0 aliphatic heterocycles. The molecular weight excluding hydrogens is 324 g/mol. The number of nitrogens with one attached hydrogen (secondary N) is 1. The second-order valence-electron chi connectivity index (χ2n) is 5.40. The molecule has 0 saturated heterocycles. The van der Waals surface area contributed by atoms with Crippen molar-refractivity contribution in [2.45, 2.75) is 24.8 Å². The smallest absolute Gasteiger partial charge is 0.255 e. The van der Waals surface area contributed by atoms with Gasteiger partial charge in [-0.25, -0.2) is 0 Å². The van der Waals surface area contributed by atoms with E-state index in [1.807, 2.05) is 32.0 Å². The van der Waals surface area contributed by atoms with Crippen molar-refractivity contribution in [2.75, 3.05) is 11.1 Å². The number of rotatable bonds is 7. The number of ether oxygens (including phenoxy) is 1. The number of carbonyl (C=O) groups excluding carboxylic acids is 2. The Kier molecular flexibility index (Phi) is 6.26. The minimum absolute atomic E-state index is 0.0823. The average Bonchev–Trinajstić information content (AvgIpc) is 2.54. The Hall–Kier alpha value is -2.47. The molecular formula is C18H20N2O3S. The summed E-state index contributed by atoms with van der Waals surface area (Å²) >= 11 is 1.29. The van der Waals surface area contributed by atoms with E-state index in [1.165, 1.54) is 11.8 Å². The van der Waals surface area contributed by atoms with Crippen LogP contribution in [0.5, 0.6) is 5.75 Å². The number of anilines is 1. The Bertz CT molecular complexity index is 714. The number of hydrogen-bond acceptors (Lipinski definition) is 4. The summed E-state index contributed by atoms with van der Waals surface area (Å²) in [5.41, 5.74) is 6.35. The summed E-state index contributed by atoms with van der Waals surface area (Å²) in [5, 5.41) is 2.86. The van der Waals surface area contributed by atoms with Crippen LogP contribution in [-0.4, -0.2) is 23.7 Å². The summed E-state index contributed by atoms with van der Waals surface area (Å²) in [5.74, 6) is 0.257. The first-order valence-electron chi connectivity index (χ1n) is 7.54. The van der Waals surface area contributed by atoms with Gasteiger partial charge in [0, 0.05) is 10.5 Å². The summed E-state index contributed by atoms with van der Waals surface area (Å²) in [6, 6.07) is 14.3. The zero-order valence-electron chi connectivity index (χ0n) is 13.6. The van der Waals surface area contributed by atoms with Gasteiger partial charge >= 0.3 is 0 Å². The third-order valence-corrected chi connectivity index (χ3v) is 4.09. The molecule has 0 aliphatic rings. The molecule has 5 nitrogen and oxygen atoms in total. The molecule has 126 valence electrons. The second kappa shape index (κ2) is 8.40. The fourth-order valence-electron chi connectivity index (χ4n) is 2.00. The summed E-state index contributed by atoms with van der Waals surface area (Å²) in [7, 11) is 0. The lowest BCUT2D eigenvalue weighted by molar-refractivity contribution is -0.115. The molecule has 24 heavy (non-hydrogen) atoms. The van der Waals surface area contributed by atoms with Crippen molar-refractivity contribution < 1.29 is 14.3 Å². The summed E-state index contributed by atoms with van der Waals surface area (Å²) < 4.78 is 5.56. The zero-order valence-corrected chi connectivity index (χ0v) is 14.4. The Labute approximate surface area is 145 Å². The van der Waals surface area contributed by atoms with Crippen molar-refractivity contribution in [3.05, 3.63) is 54.1 Å². The van der Waals surface area contributed by atoms with Gasteiger partial charge in [-0.3, -0.25) is 9.59 Å². The van der Waals surface area contributed by atoms with Gasteiger partial charge < -0.3 is 15.8 Å². The van der Waals surface area contributed by atoms with Crippen molar-refractivity contribution in [2.24, 2.45) is 5.73 Å². The van der Waals surface area contributed by atoms with Crippen molar-refractivity contribution in [3.8, 4) is 5.75 Å². The van der Waals surface area contributed by atoms with Gasteiger partial charge in [0.1, 0.15) is 5.75 Å². The van der Waals surface area contributed by atoms with Crippen molar-refractivity contribution in [1.82, 2.24) is 0 Å². The van der Waals surface area contributed by atoms with E-state index >= 15 is 0 Å². The fourth-order valence-corrected chi connectivity index (χ4v) is 2.74. The van der Waals surface area contributed by atoms with Crippen LogP contribution in [-0.2, 0) is 4.79 Å². The first-order chi connectivity index (χ1) is 11.5. The van der Waals surface area contributed by atoms with Crippen LogP contribution < -0.4 is 15.8 Å². The monoisotopic (exact) mass is 344 g/mol. The lowest BCUT2D eigenvalue weighted by Gasteiger charge is -2.12. The van der Waals surface area contributed by atoms with Crippen LogP contribution >= 0.6 is 11.8 Å². The molecule has 0 aromatic heterocycles. The lowest BCUT2D eigenvalue weighted by Crippen LogP contribution is -2.14. The first kappa shape index (κ1) is 17.9. The van der Waals surface area contributed by atoms with Gasteiger partial charge in [0.25, 0.3) is 5.91 Å². The number of amides is 2. The molecule has 3 N–H and O–H groups in total. The van der Waals surface area contributed by atoms with Gasteiger partial charge in [0.15, 0.2) is 0 Å². The minimum Gasteiger partial charge on any atom is -0.491 e. The van der Waals surface area contributed by atoms with E-state index in [1.54, 1.807) is 30.3 Å². The lowest BCUT2D eigenvalue weighted by atomic mass is 10.2. The van der Waals surface area contributed by atoms with Crippen molar-refractivity contribution in [3.63, 3.8) is 0 Å². The van der Waals surface area contributed by atoms with E-state index in [9.17, 15) is 9.59 Å². The van der Waals surface area contributed by atoms with Crippen LogP contribution in [0.25, 0.3) is 0 Å². The predicted octanol–water partition coefficient (Wildman–Crippen LogP) is 3.30. The molecule has 2 aromatic carbocycles. The molecule has 0 spiro atoms. The molecule has 2 aromatic rings. The molecule has 0 heterocycles. The van der Waals surface area contributed by atoms with Gasteiger partial charge in [0.05, 0.1) is 17.5 Å². The maximum absolute atomic E-state index is 12.4. The maximum Gasteiger partial charge on any atom is 0.255 e. The number of primary amides is 1. The average molecular weight is 344 g/mol. The van der Waals surface area contributed by atoms with Crippen LogP contribution in [0.4, 0.5) is 5.69 Å². The van der Waals surface area contributed by atoms with Crippen LogP contribution in [0.1, 0.15) is 24.2 Å². The van der Waals surface area contributed by atoms with Gasteiger partial charge in [-0.05, 0) is 50.2 Å². The third-order valence-electron chi connectivity index (χ3n) is 2.99. The van der Waals surface area contributed by atoms with Crippen LogP contribution in [0, 0.1) is 0 Å². The number of thioether (sulfide) groups is 1. The Morgan fingerprint density at radius 2 is 1.79 bits per heavy atom. The van der Waals surface area contributed by atoms with Crippen molar-refractivity contribution in [1.29, 1.82) is 0 Å². The van der Waals surface area contributed by atoms with E-state index in [-0.39, 0.29) is 17.8 Å². The number of benzene rings is 2. The Balaban J connectivity index is 2.08. The minimum atomic E-state index is -0.401. The normalized spacial score (nSPS) is 10.5. The number of hydrogen-bond donors (Lipinski definition) is 2. The maximum atomic E-state index is 12.4. The van der Waals surface area contributed by atoms with E-state index in [0.29, 0.717) is 11.3 Å². The molecule has 2 rings (SSSR count). The van der Waals surface area contributed by atoms with Gasteiger partial charge in [-0.1, -0.05) is 12.1 Å². The van der Waals surface area contributed by atoms with Gasteiger partial charge in [0.2, 0.25) is 5.91 Å². The highest BCUT2D eigenvalue weighted by atomic mass is 32.2. The predicted molar refractivity (Wildman–Crippen MR) is 96.5 cm³/mol. The highest BCUT2D eigenvalue weighted by Crippen LogP contribution is 2.27. The largest absolute Gasteiger partial charge is 0.491 e. The molecule has 0 aliphatic carbocycles. The van der Waals surface area contributed by atoms with Crippen LogP contribution in [0.15, 0.2) is 53.4 Å². The third kappa shape index (κ3) is 5.31. The molecule has 0 unspecified atom stereocenters. The van der Waals surface area contributed by atoms with Crippen LogP contribution in [0.2, 0.25) is 0 Å². The Morgan fingerprint density at radius 3 is 2.42 bits per heavy atom. The second-order valence-corrected chi connectivity index (χ2v) is 6.41. The number of para-hydroxylation sites is 1. The number of nitrogens with two attached hydrogens (primary N) is 1. The highest BCUT2D eigenvalue weighted by molar-refractivity contribution is 8.00. The van der Waals surface area contributed by atoms with Crippen LogP contribution in [0.3, 0.4) is 0 Å². The summed E-state index contributed by atoms with van der Waals surface area (Å²) in [4.78, 5) is 24.1.